The normalized spacial score (nSPS) is 11.6. The predicted molar refractivity (Wildman–Crippen MR) is 102 cm³/mol. The molecule has 27 heavy (non-hydrogen) atoms. The second kappa shape index (κ2) is 8.30. The third-order valence-electron chi connectivity index (χ3n) is 3.85. The van der Waals surface area contributed by atoms with Crippen molar-refractivity contribution in [2.75, 3.05) is 0 Å². The van der Waals surface area contributed by atoms with Crippen LogP contribution in [0.2, 0.25) is 0 Å². The number of hydrogen-bond donors (Lipinski definition) is 1. The molecule has 0 bridgehead atoms. The van der Waals surface area contributed by atoms with Gasteiger partial charge in [-0.15, -0.1) is 0 Å². The van der Waals surface area contributed by atoms with Crippen molar-refractivity contribution in [2.45, 2.75) is 36.2 Å². The number of nitrogens with zero attached hydrogens (tertiary/aromatic N) is 4. The average Bonchev–Trinajstić information content (AvgIpc) is 2.93. The first-order valence-electron chi connectivity index (χ1n) is 8.34. The molecule has 0 spiro atoms. The summed E-state index contributed by atoms with van der Waals surface area (Å²) in [5, 5.41) is 4.40. The molecule has 0 amide bonds. The van der Waals surface area contributed by atoms with Gasteiger partial charge in [-0.1, -0.05) is 25.6 Å². The second-order valence-corrected chi connectivity index (χ2v) is 7.30. The lowest BCUT2D eigenvalue weighted by molar-refractivity contribution is 0.577. The Labute approximate surface area is 160 Å². The molecule has 0 aliphatic carbocycles. The quantitative estimate of drug-likeness (QED) is 0.391. The summed E-state index contributed by atoms with van der Waals surface area (Å²) in [6.45, 7) is 4.53. The van der Waals surface area contributed by atoms with Gasteiger partial charge >= 0.3 is 0 Å². The number of hydrazone groups is 1. The highest BCUT2D eigenvalue weighted by molar-refractivity contribution is 7.99. The van der Waals surface area contributed by atoms with E-state index in [-0.39, 0.29) is 5.92 Å². The van der Waals surface area contributed by atoms with Crippen LogP contribution in [0.15, 0.2) is 57.7 Å². The largest absolute Gasteiger partial charge is 0.323 e. The van der Waals surface area contributed by atoms with Crippen LogP contribution >= 0.6 is 11.8 Å². The average molecular weight is 387 g/mol. The number of aromatic nitrogens is 3. The van der Waals surface area contributed by atoms with Crippen LogP contribution < -0.4 is 5.84 Å². The lowest BCUT2D eigenvalue weighted by atomic mass is 10.1. The van der Waals surface area contributed by atoms with Gasteiger partial charge in [0, 0.05) is 23.4 Å². The number of nitrogens with two attached hydrogens (primary N) is 1. The smallest absolute Gasteiger partial charge is 0.154 e. The molecule has 2 heterocycles. The maximum Gasteiger partial charge on any atom is 0.154 e. The fraction of sp³-hybridized carbons (Fsp3) is 0.211. The molecule has 0 fully saturated rings. The van der Waals surface area contributed by atoms with Crippen molar-refractivity contribution < 1.29 is 8.78 Å². The van der Waals surface area contributed by atoms with E-state index < -0.39 is 11.6 Å². The Morgan fingerprint density at radius 3 is 2.44 bits per heavy atom. The van der Waals surface area contributed by atoms with Crippen LogP contribution in [0.5, 0.6) is 0 Å². The van der Waals surface area contributed by atoms with E-state index in [2.05, 4.69) is 15.1 Å². The first kappa shape index (κ1) is 19.0. The number of pyridine rings is 1. The molecule has 0 aliphatic rings. The van der Waals surface area contributed by atoms with Gasteiger partial charge in [-0.25, -0.2) is 13.8 Å². The Hall–Kier alpha value is -2.74. The van der Waals surface area contributed by atoms with Crippen LogP contribution in [0.3, 0.4) is 0 Å². The fourth-order valence-electron chi connectivity index (χ4n) is 2.65. The van der Waals surface area contributed by atoms with Gasteiger partial charge in [0.25, 0.3) is 0 Å². The van der Waals surface area contributed by atoms with Gasteiger partial charge in [0.2, 0.25) is 0 Å². The molecule has 0 atom stereocenters. The first-order valence-corrected chi connectivity index (χ1v) is 9.16. The van der Waals surface area contributed by atoms with Gasteiger partial charge < -0.3 is 10.4 Å². The summed E-state index contributed by atoms with van der Waals surface area (Å²) < 4.78 is 29.2. The van der Waals surface area contributed by atoms with Crippen molar-refractivity contribution >= 4 is 18.0 Å². The molecule has 0 saturated carbocycles. The van der Waals surface area contributed by atoms with Crippen LogP contribution in [-0.4, -0.2) is 20.7 Å². The van der Waals surface area contributed by atoms with Crippen LogP contribution in [0.25, 0.3) is 0 Å². The highest BCUT2D eigenvalue weighted by Gasteiger charge is 2.20. The number of hydrogen-bond acceptors (Lipinski definition) is 5. The summed E-state index contributed by atoms with van der Waals surface area (Å²) in [6, 6.07) is 7.26. The summed E-state index contributed by atoms with van der Waals surface area (Å²) in [5.74, 6) is 4.80. The number of benzene rings is 1. The summed E-state index contributed by atoms with van der Waals surface area (Å²) in [4.78, 5) is 9.14. The summed E-state index contributed by atoms with van der Waals surface area (Å²) in [5.41, 5.74) is 1.82. The Bertz CT molecular complexity index is 934. The molecule has 2 aromatic heterocycles. The van der Waals surface area contributed by atoms with E-state index in [0.717, 1.165) is 22.3 Å². The summed E-state index contributed by atoms with van der Waals surface area (Å²) in [7, 11) is 0. The standard InChI is InChI=1S/C19H19F2N5S/c1-12(2)18-19(27-16-8-14(20)7-15(21)9-16)26(17(25-18)10-24-22)11-13-3-5-23-6-4-13/h3-10,12H,11,22H2,1-2H3. The van der Waals surface area contributed by atoms with Gasteiger partial charge in [0.15, 0.2) is 5.82 Å². The topological polar surface area (TPSA) is 69.1 Å². The van der Waals surface area contributed by atoms with E-state index in [1.54, 1.807) is 12.4 Å². The molecule has 0 aliphatic heterocycles. The SMILES string of the molecule is CC(C)c1nc(C=NN)n(Cc2ccncc2)c1Sc1cc(F)cc(F)c1. The minimum atomic E-state index is -0.618. The van der Waals surface area contributed by atoms with E-state index in [1.165, 1.54) is 30.1 Å². The maximum atomic E-state index is 13.6. The molecular weight excluding hydrogens is 368 g/mol. The number of imidazole rings is 1. The van der Waals surface area contributed by atoms with E-state index in [0.29, 0.717) is 17.3 Å². The zero-order valence-electron chi connectivity index (χ0n) is 14.9. The monoisotopic (exact) mass is 387 g/mol. The van der Waals surface area contributed by atoms with Gasteiger partial charge in [-0.2, -0.15) is 5.10 Å². The Morgan fingerprint density at radius 2 is 1.85 bits per heavy atom. The fourth-order valence-corrected chi connectivity index (χ4v) is 3.87. The van der Waals surface area contributed by atoms with E-state index >= 15 is 0 Å². The molecule has 5 nitrogen and oxygen atoms in total. The molecular formula is C19H19F2N5S. The highest BCUT2D eigenvalue weighted by Crippen LogP contribution is 2.35. The van der Waals surface area contributed by atoms with Gasteiger partial charge in [0.1, 0.15) is 16.7 Å². The van der Waals surface area contributed by atoms with Crippen molar-refractivity contribution in [3.8, 4) is 0 Å². The van der Waals surface area contributed by atoms with Crippen LogP contribution in [-0.2, 0) is 6.54 Å². The molecule has 0 saturated heterocycles. The van der Waals surface area contributed by atoms with Gasteiger partial charge in [0.05, 0.1) is 18.5 Å². The van der Waals surface area contributed by atoms with E-state index in [4.69, 9.17) is 5.84 Å². The second-order valence-electron chi connectivity index (χ2n) is 6.24. The Balaban J connectivity index is 2.10. The Kier molecular flexibility index (Phi) is 5.85. The zero-order chi connectivity index (χ0) is 19.4. The summed E-state index contributed by atoms with van der Waals surface area (Å²) >= 11 is 1.27. The van der Waals surface area contributed by atoms with Crippen molar-refractivity contribution in [1.29, 1.82) is 0 Å². The molecule has 3 rings (SSSR count). The number of halogens is 2. The van der Waals surface area contributed by atoms with Gasteiger partial charge in [-0.3, -0.25) is 4.98 Å². The lowest BCUT2D eigenvalue weighted by Gasteiger charge is -2.12. The maximum absolute atomic E-state index is 13.6. The highest BCUT2D eigenvalue weighted by atomic mass is 32.2. The molecule has 0 unspecified atom stereocenters. The third kappa shape index (κ3) is 4.51. The van der Waals surface area contributed by atoms with Crippen LogP contribution in [0.1, 0.15) is 36.8 Å². The molecule has 1 aromatic carbocycles. The first-order chi connectivity index (χ1) is 13.0. The Morgan fingerprint density at radius 1 is 1.19 bits per heavy atom. The minimum Gasteiger partial charge on any atom is -0.323 e. The van der Waals surface area contributed by atoms with Crippen LogP contribution in [0, 0.1) is 11.6 Å². The van der Waals surface area contributed by atoms with Gasteiger partial charge in [-0.05, 0) is 35.7 Å². The van der Waals surface area contributed by atoms with E-state index in [1.807, 2.05) is 30.5 Å². The van der Waals surface area contributed by atoms with Crippen molar-refractivity contribution in [3.63, 3.8) is 0 Å². The summed E-state index contributed by atoms with van der Waals surface area (Å²) in [6.07, 6.45) is 4.89. The van der Waals surface area contributed by atoms with Crippen molar-refractivity contribution in [1.82, 2.24) is 14.5 Å². The molecule has 3 aromatic rings. The minimum absolute atomic E-state index is 0.106. The molecule has 0 radical (unpaired) electrons. The zero-order valence-corrected chi connectivity index (χ0v) is 15.8. The predicted octanol–water partition coefficient (Wildman–Crippen LogP) is 4.17. The van der Waals surface area contributed by atoms with Crippen molar-refractivity contribution in [3.05, 3.63) is 71.4 Å². The third-order valence-corrected chi connectivity index (χ3v) is 4.95. The molecule has 2 N–H and O–H groups in total. The number of rotatable bonds is 6. The van der Waals surface area contributed by atoms with Crippen LogP contribution in [0.4, 0.5) is 8.78 Å². The lowest BCUT2D eigenvalue weighted by Crippen LogP contribution is -2.07. The molecule has 140 valence electrons. The van der Waals surface area contributed by atoms with E-state index in [9.17, 15) is 8.78 Å². The van der Waals surface area contributed by atoms with Crippen molar-refractivity contribution in [2.24, 2.45) is 10.9 Å². The molecule has 8 heteroatoms.